The highest BCUT2D eigenvalue weighted by Gasteiger charge is 2.21. The van der Waals surface area contributed by atoms with Crippen LogP contribution in [0.25, 0.3) is 0 Å². The Morgan fingerprint density at radius 3 is 2.12 bits per heavy atom. The molecule has 0 radical (unpaired) electrons. The lowest BCUT2D eigenvalue weighted by Crippen LogP contribution is -2.37. The molecule has 0 spiro atoms. The van der Waals surface area contributed by atoms with Gasteiger partial charge in [-0.15, -0.1) is 0 Å². The zero-order valence-electron chi connectivity index (χ0n) is 14.3. The number of hydrogen-bond acceptors (Lipinski definition) is 8. The van der Waals surface area contributed by atoms with Crippen molar-refractivity contribution in [3.63, 3.8) is 0 Å². The minimum atomic E-state index is -0.624. The van der Waals surface area contributed by atoms with Gasteiger partial charge in [0.1, 0.15) is 11.5 Å². The summed E-state index contributed by atoms with van der Waals surface area (Å²) in [6.45, 7) is 0. The topological polar surface area (TPSA) is 108 Å². The normalized spacial score (nSPS) is 9.28. The third kappa shape index (κ3) is 5.65. The van der Waals surface area contributed by atoms with E-state index in [-0.39, 0.29) is 11.4 Å². The number of carbonyl (C=O) groups excluding carboxylic acids is 2. The lowest BCUT2D eigenvalue weighted by molar-refractivity contribution is -0.906. The first-order chi connectivity index (χ1) is 12.0. The standard InChI is InChI=1S/C8H10NO4.C8H9NO3/c1-12-6-3-4-9(11)7(5-6)8(10)13-2;1-11-6-3-4-9-7(5-6)8(10)12-2/h3-5,11H,1-2H3;3-5H,1-2H3/q+1;. The first-order valence-electron chi connectivity index (χ1n) is 6.92. The van der Waals surface area contributed by atoms with Crippen molar-refractivity contribution < 1.29 is 38.5 Å². The molecule has 0 aromatic carbocycles. The second-order valence-electron chi connectivity index (χ2n) is 4.36. The summed E-state index contributed by atoms with van der Waals surface area (Å²) in [6, 6.07) is 6.08. The minimum absolute atomic E-state index is 0.0156. The summed E-state index contributed by atoms with van der Waals surface area (Å²) in [5.74, 6) is -0.0219. The van der Waals surface area contributed by atoms with E-state index in [0.29, 0.717) is 16.2 Å². The molecule has 0 atom stereocenters. The van der Waals surface area contributed by atoms with Crippen molar-refractivity contribution in [1.82, 2.24) is 4.98 Å². The van der Waals surface area contributed by atoms with Gasteiger partial charge in [0.2, 0.25) is 6.20 Å². The fourth-order valence-corrected chi connectivity index (χ4v) is 1.61. The number of esters is 2. The predicted octanol–water partition coefficient (Wildman–Crippen LogP) is 0.883. The number of pyridine rings is 2. The van der Waals surface area contributed by atoms with Crippen molar-refractivity contribution in [3.05, 3.63) is 48.0 Å². The van der Waals surface area contributed by atoms with Crippen LogP contribution in [0.4, 0.5) is 0 Å². The summed E-state index contributed by atoms with van der Waals surface area (Å²) in [5.41, 5.74) is 0.263. The molecule has 0 saturated heterocycles. The first-order valence-corrected chi connectivity index (χ1v) is 6.92. The lowest BCUT2D eigenvalue weighted by atomic mass is 10.3. The Bertz CT molecular complexity index is 734. The van der Waals surface area contributed by atoms with Gasteiger partial charge >= 0.3 is 17.6 Å². The molecular formula is C16H19N2O7+. The van der Waals surface area contributed by atoms with E-state index in [9.17, 15) is 14.8 Å². The van der Waals surface area contributed by atoms with Gasteiger partial charge in [-0.25, -0.2) is 14.6 Å². The molecule has 25 heavy (non-hydrogen) atoms. The molecule has 9 heteroatoms. The second-order valence-corrected chi connectivity index (χ2v) is 4.36. The summed E-state index contributed by atoms with van der Waals surface area (Å²) in [5, 5.41) is 9.19. The average Bonchev–Trinajstić information content (AvgIpc) is 2.67. The van der Waals surface area contributed by atoms with E-state index in [0.717, 1.165) is 0 Å². The van der Waals surface area contributed by atoms with Gasteiger partial charge in [-0.05, 0) is 6.07 Å². The highest BCUT2D eigenvalue weighted by atomic mass is 16.5. The van der Waals surface area contributed by atoms with Gasteiger partial charge in [-0.2, -0.15) is 0 Å². The molecular weight excluding hydrogens is 332 g/mol. The fourth-order valence-electron chi connectivity index (χ4n) is 1.61. The monoisotopic (exact) mass is 351 g/mol. The van der Waals surface area contributed by atoms with Gasteiger partial charge in [-0.1, -0.05) is 0 Å². The van der Waals surface area contributed by atoms with E-state index in [2.05, 4.69) is 14.5 Å². The molecule has 2 aromatic rings. The second kappa shape index (κ2) is 9.71. The van der Waals surface area contributed by atoms with Crippen LogP contribution in [0.15, 0.2) is 36.7 Å². The van der Waals surface area contributed by atoms with Gasteiger partial charge in [-0.3, -0.25) is 5.21 Å². The molecule has 0 aliphatic rings. The van der Waals surface area contributed by atoms with Crippen LogP contribution < -0.4 is 14.2 Å². The van der Waals surface area contributed by atoms with E-state index in [1.165, 1.54) is 59.0 Å². The van der Waals surface area contributed by atoms with Crippen LogP contribution in [-0.2, 0) is 9.47 Å². The van der Waals surface area contributed by atoms with Crippen LogP contribution in [0.2, 0.25) is 0 Å². The molecule has 0 aliphatic carbocycles. The van der Waals surface area contributed by atoms with Gasteiger partial charge in [0.15, 0.2) is 5.69 Å². The predicted molar refractivity (Wildman–Crippen MR) is 83.8 cm³/mol. The molecule has 0 fully saturated rings. The highest BCUT2D eigenvalue weighted by molar-refractivity contribution is 5.87. The summed E-state index contributed by atoms with van der Waals surface area (Å²) in [7, 11) is 5.54. The summed E-state index contributed by atoms with van der Waals surface area (Å²) >= 11 is 0. The number of hydrogen-bond donors (Lipinski definition) is 1. The third-order valence-corrected chi connectivity index (χ3v) is 2.90. The molecule has 2 heterocycles. The minimum Gasteiger partial charge on any atom is -0.497 e. The van der Waals surface area contributed by atoms with Gasteiger partial charge in [0.25, 0.3) is 0 Å². The Kier molecular flexibility index (Phi) is 7.64. The van der Waals surface area contributed by atoms with Gasteiger partial charge in [0.05, 0.1) is 34.5 Å². The van der Waals surface area contributed by atoms with Crippen LogP contribution in [0, 0.1) is 0 Å². The number of carbonyl (C=O) groups is 2. The highest BCUT2D eigenvalue weighted by Crippen LogP contribution is 2.10. The van der Waals surface area contributed by atoms with Crippen LogP contribution in [0.3, 0.4) is 0 Å². The molecule has 0 aliphatic heterocycles. The lowest BCUT2D eigenvalue weighted by Gasteiger charge is -2.00. The molecule has 9 nitrogen and oxygen atoms in total. The SMILES string of the molecule is COC(=O)c1cc(OC)cc[n+]1O.COC(=O)c1cc(OC)ccn1. The molecule has 1 N–H and O–H groups in total. The quantitative estimate of drug-likeness (QED) is 0.491. The van der Waals surface area contributed by atoms with Gasteiger partial charge < -0.3 is 18.9 Å². The van der Waals surface area contributed by atoms with Crippen molar-refractivity contribution >= 4 is 11.9 Å². The van der Waals surface area contributed by atoms with Crippen molar-refractivity contribution in [2.24, 2.45) is 0 Å². The third-order valence-electron chi connectivity index (χ3n) is 2.90. The Hall–Kier alpha value is -3.36. The average molecular weight is 351 g/mol. The Labute approximate surface area is 144 Å². The van der Waals surface area contributed by atoms with Crippen LogP contribution >= 0.6 is 0 Å². The van der Waals surface area contributed by atoms with Crippen molar-refractivity contribution in [2.45, 2.75) is 0 Å². The van der Waals surface area contributed by atoms with E-state index >= 15 is 0 Å². The molecule has 134 valence electrons. The van der Waals surface area contributed by atoms with Crippen molar-refractivity contribution in [3.8, 4) is 11.5 Å². The molecule has 0 amide bonds. The number of ether oxygens (including phenoxy) is 4. The number of rotatable bonds is 4. The van der Waals surface area contributed by atoms with Gasteiger partial charge in [0, 0.05) is 23.1 Å². The zero-order chi connectivity index (χ0) is 18.8. The van der Waals surface area contributed by atoms with E-state index < -0.39 is 11.9 Å². The van der Waals surface area contributed by atoms with Crippen LogP contribution in [0.5, 0.6) is 11.5 Å². The molecule has 2 rings (SSSR count). The number of nitrogens with zero attached hydrogens (tertiary/aromatic N) is 2. The van der Waals surface area contributed by atoms with Crippen molar-refractivity contribution in [2.75, 3.05) is 28.4 Å². The van der Waals surface area contributed by atoms with E-state index in [1.807, 2.05) is 0 Å². The summed E-state index contributed by atoms with van der Waals surface area (Å²) in [4.78, 5) is 25.8. The first kappa shape index (κ1) is 19.7. The Morgan fingerprint density at radius 1 is 0.960 bits per heavy atom. The molecule has 0 saturated carbocycles. The van der Waals surface area contributed by atoms with Crippen LogP contribution in [0.1, 0.15) is 21.0 Å². The number of aromatic nitrogens is 2. The maximum absolute atomic E-state index is 11.0. The smallest absolute Gasteiger partial charge is 0.408 e. The Balaban J connectivity index is 0.000000251. The maximum Gasteiger partial charge on any atom is 0.408 e. The largest absolute Gasteiger partial charge is 0.497 e. The summed E-state index contributed by atoms with van der Waals surface area (Å²) < 4.78 is 19.4. The molecule has 0 unspecified atom stereocenters. The molecule has 0 bridgehead atoms. The summed E-state index contributed by atoms with van der Waals surface area (Å²) in [6.07, 6.45) is 2.79. The zero-order valence-corrected chi connectivity index (χ0v) is 14.3. The fraction of sp³-hybridized carbons (Fsp3) is 0.250. The van der Waals surface area contributed by atoms with E-state index in [4.69, 9.17) is 9.47 Å². The van der Waals surface area contributed by atoms with E-state index in [1.54, 1.807) is 6.07 Å². The maximum atomic E-state index is 11.0. The molecule has 2 aromatic heterocycles. The number of methoxy groups -OCH3 is 4. The van der Waals surface area contributed by atoms with Crippen LogP contribution in [-0.4, -0.2) is 50.6 Å². The Morgan fingerprint density at radius 2 is 1.56 bits per heavy atom. The van der Waals surface area contributed by atoms with Crippen molar-refractivity contribution in [1.29, 1.82) is 0 Å².